The molecule has 0 saturated carbocycles. The Morgan fingerprint density at radius 3 is 2.26 bits per heavy atom. The van der Waals surface area contributed by atoms with Crippen LogP contribution in [0.3, 0.4) is 0 Å². The number of ether oxygens (including phenoxy) is 1. The fraction of sp³-hybridized carbons (Fsp3) is 0.348. The third-order valence-electron chi connectivity index (χ3n) is 5.43. The predicted molar refractivity (Wildman–Crippen MR) is 107 cm³/mol. The molecule has 1 unspecified atom stereocenters. The summed E-state index contributed by atoms with van der Waals surface area (Å²) in [5, 5.41) is 11.2. The molecule has 2 aromatic carbocycles. The number of hydrogen-bond donors (Lipinski definition) is 1. The number of aromatic nitrogens is 1. The smallest absolute Gasteiger partial charge is 0.417 e. The van der Waals surface area contributed by atoms with Crippen molar-refractivity contribution in [2.45, 2.75) is 43.9 Å². The zero-order valence-corrected chi connectivity index (χ0v) is 17.2. The van der Waals surface area contributed by atoms with Gasteiger partial charge in [0.2, 0.25) is 0 Å². The van der Waals surface area contributed by atoms with Crippen LogP contribution in [0.25, 0.3) is 10.9 Å². The largest absolute Gasteiger partial charge is 0.496 e. The molecule has 1 atom stereocenters. The fourth-order valence-electron chi connectivity index (χ4n) is 3.95. The van der Waals surface area contributed by atoms with Gasteiger partial charge >= 0.3 is 6.18 Å². The van der Waals surface area contributed by atoms with Gasteiger partial charge in [0, 0.05) is 29.6 Å². The van der Waals surface area contributed by atoms with Crippen molar-refractivity contribution in [2.75, 3.05) is 7.11 Å². The summed E-state index contributed by atoms with van der Waals surface area (Å²) in [6.45, 7) is 2.97. The highest BCUT2D eigenvalue weighted by Crippen LogP contribution is 2.45. The molecule has 1 N–H and O–H groups in total. The van der Waals surface area contributed by atoms with Crippen LogP contribution >= 0.6 is 0 Å². The van der Waals surface area contributed by atoms with Gasteiger partial charge in [-0.2, -0.15) is 13.2 Å². The lowest BCUT2D eigenvalue weighted by Gasteiger charge is -2.38. The molecule has 3 nitrogen and oxygen atoms in total. The molecule has 0 bridgehead atoms. The first-order valence-corrected chi connectivity index (χ1v) is 9.52. The second-order valence-corrected chi connectivity index (χ2v) is 8.24. The molecule has 0 amide bonds. The molecular weight excluding hydrogens is 417 g/mol. The second kappa shape index (κ2) is 8.07. The highest BCUT2D eigenvalue weighted by atomic mass is 19.4. The van der Waals surface area contributed by atoms with E-state index in [1.54, 1.807) is 0 Å². The molecule has 0 aliphatic carbocycles. The maximum atomic E-state index is 14.1. The van der Waals surface area contributed by atoms with Crippen molar-refractivity contribution in [1.29, 1.82) is 0 Å². The first-order valence-electron chi connectivity index (χ1n) is 9.52. The van der Waals surface area contributed by atoms with Gasteiger partial charge in [-0.05, 0) is 53.8 Å². The van der Waals surface area contributed by atoms with E-state index in [1.807, 2.05) is 0 Å². The lowest BCUT2D eigenvalue weighted by molar-refractivity contribution is -0.266. The van der Waals surface area contributed by atoms with Crippen LogP contribution in [-0.4, -0.2) is 29.0 Å². The Morgan fingerprint density at radius 2 is 1.61 bits per heavy atom. The van der Waals surface area contributed by atoms with E-state index in [-0.39, 0.29) is 22.4 Å². The summed E-state index contributed by atoms with van der Waals surface area (Å²) in [7, 11) is 1.34. The maximum Gasteiger partial charge on any atom is 0.417 e. The molecule has 3 rings (SSSR count). The predicted octanol–water partition coefficient (Wildman–Crippen LogP) is 5.73. The molecule has 166 valence electrons. The number of halogens is 5. The van der Waals surface area contributed by atoms with Crippen molar-refractivity contribution in [3.63, 3.8) is 0 Å². The van der Waals surface area contributed by atoms with E-state index in [4.69, 9.17) is 4.74 Å². The molecule has 8 heteroatoms. The zero-order chi connectivity index (χ0) is 23.0. The zero-order valence-electron chi connectivity index (χ0n) is 17.2. The van der Waals surface area contributed by atoms with Crippen LogP contribution in [0.1, 0.15) is 31.4 Å². The van der Waals surface area contributed by atoms with E-state index >= 15 is 0 Å². The number of hydrogen-bond acceptors (Lipinski definition) is 3. The second-order valence-electron chi connectivity index (χ2n) is 8.24. The van der Waals surface area contributed by atoms with E-state index < -0.39 is 41.7 Å². The van der Waals surface area contributed by atoms with E-state index in [0.717, 1.165) is 24.3 Å². The SMILES string of the molecule is COc1ccc(F)cc1C(C)(C)CC(O)(Cc1ccnc2cc(F)ccc12)C(F)(F)F. The van der Waals surface area contributed by atoms with Crippen LogP contribution in [0.15, 0.2) is 48.7 Å². The van der Waals surface area contributed by atoms with E-state index in [9.17, 15) is 27.1 Å². The number of alkyl halides is 3. The summed E-state index contributed by atoms with van der Waals surface area (Å²) in [6.07, 6.45) is -5.24. The maximum absolute atomic E-state index is 14.1. The van der Waals surface area contributed by atoms with Crippen LogP contribution in [-0.2, 0) is 11.8 Å². The van der Waals surface area contributed by atoms with Gasteiger partial charge in [0.05, 0.1) is 12.6 Å². The molecule has 0 radical (unpaired) electrons. The summed E-state index contributed by atoms with van der Waals surface area (Å²) in [4.78, 5) is 3.99. The van der Waals surface area contributed by atoms with E-state index in [1.165, 1.54) is 45.4 Å². The highest BCUT2D eigenvalue weighted by Gasteiger charge is 2.56. The summed E-state index contributed by atoms with van der Waals surface area (Å²) in [5.41, 5.74) is -3.87. The average molecular weight is 439 g/mol. The minimum atomic E-state index is -4.99. The number of nitrogens with zero attached hydrogens (tertiary/aromatic N) is 1. The van der Waals surface area contributed by atoms with Crippen molar-refractivity contribution in [3.8, 4) is 5.75 Å². The number of benzene rings is 2. The molecule has 0 aliphatic heterocycles. The monoisotopic (exact) mass is 439 g/mol. The molecular formula is C23H22F5NO2. The van der Waals surface area contributed by atoms with Crippen molar-refractivity contribution in [1.82, 2.24) is 4.98 Å². The molecule has 0 aliphatic rings. The van der Waals surface area contributed by atoms with Crippen molar-refractivity contribution in [3.05, 3.63) is 71.4 Å². The summed E-state index contributed by atoms with van der Waals surface area (Å²) in [5.74, 6) is -0.968. The topological polar surface area (TPSA) is 42.4 Å². The van der Waals surface area contributed by atoms with Gasteiger partial charge < -0.3 is 9.84 Å². The quantitative estimate of drug-likeness (QED) is 0.499. The first kappa shape index (κ1) is 22.9. The van der Waals surface area contributed by atoms with E-state index in [2.05, 4.69) is 4.98 Å². The van der Waals surface area contributed by atoms with Crippen LogP contribution in [0.2, 0.25) is 0 Å². The van der Waals surface area contributed by atoms with Gasteiger partial charge in [0.1, 0.15) is 17.4 Å². The van der Waals surface area contributed by atoms with Crippen LogP contribution in [0.4, 0.5) is 22.0 Å². The average Bonchev–Trinajstić information content (AvgIpc) is 2.66. The van der Waals surface area contributed by atoms with Gasteiger partial charge in [-0.25, -0.2) is 8.78 Å². The van der Waals surface area contributed by atoms with E-state index in [0.29, 0.717) is 5.39 Å². The van der Waals surface area contributed by atoms with Crippen LogP contribution in [0.5, 0.6) is 5.75 Å². The lowest BCUT2D eigenvalue weighted by Crippen LogP contribution is -2.50. The molecule has 31 heavy (non-hydrogen) atoms. The van der Waals surface area contributed by atoms with Gasteiger partial charge in [-0.15, -0.1) is 0 Å². The molecule has 0 saturated heterocycles. The highest BCUT2D eigenvalue weighted by molar-refractivity contribution is 5.82. The number of methoxy groups -OCH3 is 1. The summed E-state index contributed by atoms with van der Waals surface area (Å²) < 4.78 is 74.9. The summed E-state index contributed by atoms with van der Waals surface area (Å²) in [6, 6.07) is 8.55. The number of pyridine rings is 1. The number of rotatable bonds is 6. The Hall–Kier alpha value is -2.74. The lowest BCUT2D eigenvalue weighted by atomic mass is 9.72. The van der Waals surface area contributed by atoms with Gasteiger partial charge in [-0.3, -0.25) is 4.98 Å². The third kappa shape index (κ3) is 4.63. The Morgan fingerprint density at radius 1 is 0.968 bits per heavy atom. The standard InChI is InChI=1S/C23H22F5NO2/c1-21(2,18-10-15(24)5-7-20(18)31-3)13-22(30,23(26,27)28)12-14-8-9-29-19-11-16(25)4-6-17(14)19/h4-11,30H,12-13H2,1-3H3. The molecule has 3 aromatic rings. The van der Waals surface area contributed by atoms with Gasteiger partial charge in [0.15, 0.2) is 5.60 Å². The minimum absolute atomic E-state index is 0.173. The Bertz CT molecular complexity index is 1100. The number of fused-ring (bicyclic) bond motifs is 1. The Kier molecular flexibility index (Phi) is 5.97. The molecule has 0 spiro atoms. The van der Waals surface area contributed by atoms with Gasteiger partial charge in [0.25, 0.3) is 0 Å². The Balaban J connectivity index is 2.06. The Labute approximate surface area is 176 Å². The van der Waals surface area contributed by atoms with Crippen molar-refractivity contribution >= 4 is 10.9 Å². The normalized spacial score (nSPS) is 14.5. The fourth-order valence-corrected chi connectivity index (χ4v) is 3.95. The first-order chi connectivity index (χ1) is 14.4. The molecule has 1 aromatic heterocycles. The van der Waals surface area contributed by atoms with Crippen molar-refractivity contribution < 1.29 is 31.8 Å². The number of aliphatic hydroxyl groups is 1. The minimum Gasteiger partial charge on any atom is -0.496 e. The van der Waals surface area contributed by atoms with Crippen LogP contribution in [0, 0.1) is 11.6 Å². The van der Waals surface area contributed by atoms with Crippen LogP contribution < -0.4 is 4.74 Å². The molecule has 1 heterocycles. The summed E-state index contributed by atoms with van der Waals surface area (Å²) >= 11 is 0. The van der Waals surface area contributed by atoms with Gasteiger partial charge in [-0.1, -0.05) is 13.8 Å². The van der Waals surface area contributed by atoms with Crippen molar-refractivity contribution in [2.24, 2.45) is 0 Å². The molecule has 0 fully saturated rings. The third-order valence-corrected chi connectivity index (χ3v) is 5.43.